The lowest BCUT2D eigenvalue weighted by molar-refractivity contribution is 0.170. The van der Waals surface area contributed by atoms with Crippen molar-refractivity contribution in [3.63, 3.8) is 0 Å². The summed E-state index contributed by atoms with van der Waals surface area (Å²) in [6, 6.07) is 9.80. The Bertz CT molecular complexity index is 1410. The Hall–Kier alpha value is -4.46. The first-order chi connectivity index (χ1) is 16.4. The van der Waals surface area contributed by atoms with Gasteiger partial charge in [0.25, 0.3) is 0 Å². The molecule has 4 heterocycles. The lowest BCUT2D eigenvalue weighted by Gasteiger charge is -2.40. The number of hydrogen-bond donors (Lipinski definition) is 3. The van der Waals surface area contributed by atoms with Crippen LogP contribution in [0.25, 0.3) is 28.2 Å². The van der Waals surface area contributed by atoms with Crippen LogP contribution in [0.3, 0.4) is 0 Å². The Labute approximate surface area is 195 Å². The number of carboxylic acid groups (broad SMARTS) is 1. The van der Waals surface area contributed by atoms with Gasteiger partial charge in [-0.25, -0.2) is 9.31 Å². The van der Waals surface area contributed by atoms with E-state index in [4.69, 9.17) is 10.4 Å². The van der Waals surface area contributed by atoms with Gasteiger partial charge >= 0.3 is 6.09 Å². The summed E-state index contributed by atoms with van der Waals surface area (Å²) in [5.41, 5.74) is 5.25. The minimum atomic E-state index is -0.998. The molecule has 0 saturated heterocycles. The molecule has 1 amide bonds. The molecule has 4 aromatic heterocycles. The summed E-state index contributed by atoms with van der Waals surface area (Å²) >= 11 is 0. The molecule has 34 heavy (non-hydrogen) atoms. The van der Waals surface area contributed by atoms with Crippen LogP contribution >= 0.6 is 0 Å². The van der Waals surface area contributed by atoms with E-state index in [1.165, 1.54) is 6.20 Å². The predicted octanol–water partition coefficient (Wildman–Crippen LogP) is 2.91. The molecule has 0 aliphatic heterocycles. The fourth-order valence-electron chi connectivity index (χ4n) is 4.36. The molecule has 1 fully saturated rings. The Balaban J connectivity index is 1.45. The number of nitrogens with one attached hydrogen (secondary N) is 2. The standard InChI is InChI=1S/C23H23N9O2/c1-13(27-23(33)34)15-6-16(7-15)28-19-8-20(25-11-18(19)21-12-31(2)30-29-21)22-4-3-17-5-14(9-24)10-26-32(17)22/h3-5,8,10-13,15-16,27H,6-7H2,1-2H3,(H,25,28)(H,33,34)/t13-,15?,16?/m1/s1. The monoisotopic (exact) mass is 457 g/mol. The number of aromatic nitrogens is 6. The third-order valence-corrected chi connectivity index (χ3v) is 6.27. The molecule has 5 rings (SSSR count). The summed E-state index contributed by atoms with van der Waals surface area (Å²) in [6.45, 7) is 1.90. The zero-order chi connectivity index (χ0) is 23.8. The highest BCUT2D eigenvalue weighted by Gasteiger charge is 2.34. The molecule has 1 atom stereocenters. The molecule has 0 radical (unpaired) electrons. The van der Waals surface area contributed by atoms with Gasteiger partial charge in [-0.1, -0.05) is 5.21 Å². The van der Waals surface area contributed by atoms with E-state index in [9.17, 15) is 4.79 Å². The molecule has 4 aromatic rings. The first-order valence-electron chi connectivity index (χ1n) is 10.9. The van der Waals surface area contributed by atoms with Gasteiger partial charge in [-0.05, 0) is 49.9 Å². The Morgan fingerprint density at radius 2 is 2.09 bits per heavy atom. The molecule has 11 heteroatoms. The van der Waals surface area contributed by atoms with Crippen LogP contribution < -0.4 is 10.6 Å². The quantitative estimate of drug-likeness (QED) is 0.401. The van der Waals surface area contributed by atoms with Crippen LogP contribution in [0.15, 0.2) is 42.9 Å². The topological polar surface area (TPSA) is 146 Å². The molecule has 0 bridgehead atoms. The summed E-state index contributed by atoms with van der Waals surface area (Å²) in [5.74, 6) is 0.281. The molecule has 11 nitrogen and oxygen atoms in total. The number of carbonyl (C=O) groups is 1. The van der Waals surface area contributed by atoms with Crippen molar-refractivity contribution in [1.29, 1.82) is 5.26 Å². The minimum absolute atomic E-state index is 0.0977. The zero-order valence-electron chi connectivity index (χ0n) is 18.7. The van der Waals surface area contributed by atoms with Crippen LogP contribution in [0.2, 0.25) is 0 Å². The van der Waals surface area contributed by atoms with Gasteiger partial charge in [-0.3, -0.25) is 9.67 Å². The third-order valence-electron chi connectivity index (χ3n) is 6.27. The first kappa shape index (κ1) is 21.4. The average Bonchev–Trinajstić information content (AvgIpc) is 3.40. The third kappa shape index (κ3) is 4.01. The molecule has 3 N–H and O–H groups in total. The van der Waals surface area contributed by atoms with Crippen molar-refractivity contribution in [1.82, 2.24) is 34.9 Å². The number of pyridine rings is 1. The van der Waals surface area contributed by atoms with Crippen LogP contribution in [-0.2, 0) is 7.05 Å². The van der Waals surface area contributed by atoms with Crippen molar-refractivity contribution < 1.29 is 9.90 Å². The van der Waals surface area contributed by atoms with Crippen LogP contribution in [-0.4, -0.2) is 52.9 Å². The number of amides is 1. The summed E-state index contributed by atoms with van der Waals surface area (Å²) in [7, 11) is 1.81. The van der Waals surface area contributed by atoms with Crippen LogP contribution in [0, 0.1) is 17.2 Å². The second kappa shape index (κ2) is 8.47. The smallest absolute Gasteiger partial charge is 0.404 e. The van der Waals surface area contributed by atoms with E-state index in [2.05, 4.69) is 37.1 Å². The Morgan fingerprint density at radius 1 is 1.26 bits per heavy atom. The normalized spacial score (nSPS) is 18.1. The maximum Gasteiger partial charge on any atom is 0.404 e. The molecule has 0 aromatic carbocycles. The van der Waals surface area contributed by atoms with E-state index in [0.29, 0.717) is 11.3 Å². The number of fused-ring (bicyclic) bond motifs is 1. The van der Waals surface area contributed by atoms with Crippen LogP contribution in [0.4, 0.5) is 10.5 Å². The second-order valence-electron chi connectivity index (χ2n) is 8.61. The number of nitrogens with zero attached hydrogens (tertiary/aromatic N) is 7. The Morgan fingerprint density at radius 3 is 2.79 bits per heavy atom. The van der Waals surface area contributed by atoms with Gasteiger partial charge in [0.15, 0.2) is 0 Å². The van der Waals surface area contributed by atoms with Gasteiger partial charge in [-0.2, -0.15) is 10.4 Å². The van der Waals surface area contributed by atoms with E-state index in [-0.39, 0.29) is 18.0 Å². The summed E-state index contributed by atoms with van der Waals surface area (Å²) in [4.78, 5) is 15.6. The molecule has 0 unspecified atom stereocenters. The van der Waals surface area contributed by atoms with E-state index >= 15 is 0 Å². The second-order valence-corrected chi connectivity index (χ2v) is 8.61. The highest BCUT2D eigenvalue weighted by Crippen LogP contribution is 2.36. The van der Waals surface area contributed by atoms with Gasteiger partial charge in [-0.15, -0.1) is 5.10 Å². The average molecular weight is 457 g/mol. The number of nitriles is 1. The lowest BCUT2D eigenvalue weighted by Crippen LogP contribution is -2.47. The predicted molar refractivity (Wildman–Crippen MR) is 124 cm³/mol. The largest absolute Gasteiger partial charge is 0.465 e. The number of anilines is 1. The van der Waals surface area contributed by atoms with Crippen molar-refractivity contribution >= 4 is 17.3 Å². The molecule has 0 spiro atoms. The molecule has 172 valence electrons. The van der Waals surface area contributed by atoms with Crippen molar-refractivity contribution in [3.05, 3.63) is 48.4 Å². The van der Waals surface area contributed by atoms with Crippen molar-refractivity contribution in [2.24, 2.45) is 13.0 Å². The van der Waals surface area contributed by atoms with Gasteiger partial charge in [0.2, 0.25) is 0 Å². The van der Waals surface area contributed by atoms with Crippen LogP contribution in [0.5, 0.6) is 0 Å². The molecule has 1 aliphatic rings. The SMILES string of the molecule is C[C@@H](NC(=O)O)C1CC(Nc2cc(-c3ccc4cc(C#N)cnn34)ncc2-c2cn(C)nn2)C1. The zero-order valence-corrected chi connectivity index (χ0v) is 18.7. The molecule has 1 saturated carbocycles. The lowest BCUT2D eigenvalue weighted by atomic mass is 9.76. The van der Waals surface area contributed by atoms with E-state index in [0.717, 1.165) is 41.0 Å². The fourth-order valence-corrected chi connectivity index (χ4v) is 4.36. The summed E-state index contributed by atoms with van der Waals surface area (Å²) < 4.78 is 3.40. The van der Waals surface area contributed by atoms with E-state index < -0.39 is 6.09 Å². The highest BCUT2D eigenvalue weighted by molar-refractivity contribution is 5.79. The number of hydrogen-bond acceptors (Lipinski definition) is 7. The highest BCUT2D eigenvalue weighted by atomic mass is 16.4. The first-order valence-corrected chi connectivity index (χ1v) is 10.9. The summed E-state index contributed by atoms with van der Waals surface area (Å²) in [6.07, 6.45) is 5.85. The maximum absolute atomic E-state index is 10.9. The maximum atomic E-state index is 10.9. The van der Waals surface area contributed by atoms with Gasteiger partial charge in [0.1, 0.15) is 11.8 Å². The van der Waals surface area contributed by atoms with E-state index in [1.54, 1.807) is 21.5 Å². The molecular formula is C23H23N9O2. The molecule has 1 aliphatic carbocycles. The number of rotatable bonds is 6. The Kier molecular flexibility index (Phi) is 5.33. The number of aryl methyl sites for hydroxylation is 1. The van der Waals surface area contributed by atoms with Crippen molar-refractivity contribution in [2.75, 3.05) is 5.32 Å². The van der Waals surface area contributed by atoms with E-state index in [1.807, 2.05) is 38.4 Å². The summed E-state index contributed by atoms with van der Waals surface area (Å²) in [5, 5.41) is 36.9. The van der Waals surface area contributed by atoms with Crippen LogP contribution in [0.1, 0.15) is 25.3 Å². The fraction of sp³-hybridized carbons (Fsp3) is 0.304. The van der Waals surface area contributed by atoms with Crippen molar-refractivity contribution in [3.8, 4) is 28.7 Å². The minimum Gasteiger partial charge on any atom is -0.465 e. The van der Waals surface area contributed by atoms with Gasteiger partial charge in [0.05, 0.1) is 34.9 Å². The van der Waals surface area contributed by atoms with Crippen molar-refractivity contribution in [2.45, 2.75) is 31.8 Å². The van der Waals surface area contributed by atoms with Gasteiger partial charge < -0.3 is 15.7 Å². The van der Waals surface area contributed by atoms with Gasteiger partial charge in [0, 0.05) is 36.6 Å². The molecular weight excluding hydrogens is 434 g/mol.